The molecule has 0 aromatic heterocycles. The van der Waals surface area contributed by atoms with Crippen molar-refractivity contribution in [3.63, 3.8) is 0 Å². The standard InChI is InChI=1S/C30H31N3O4/c1-3-37-24-15-13-22(14-16-24)20(2)31-28(34)23-9-6-8-21(18-23)19-33-26-11-5-4-10-25(26)29(35)32-17-7-12-27(32)30(33)36/h4-6,8-11,13-16,18,20,27H,3,7,12,17,19H2,1-2H3,(H,31,34)/t20-,27-/m1/s1. The zero-order valence-corrected chi connectivity index (χ0v) is 21.1. The van der Waals surface area contributed by atoms with Crippen LogP contribution in [0.1, 0.15) is 64.6 Å². The van der Waals surface area contributed by atoms with Crippen LogP contribution in [0.3, 0.4) is 0 Å². The van der Waals surface area contributed by atoms with Gasteiger partial charge in [0.25, 0.3) is 11.8 Å². The van der Waals surface area contributed by atoms with Crippen LogP contribution in [0.15, 0.2) is 72.8 Å². The van der Waals surface area contributed by atoms with Crippen molar-refractivity contribution >= 4 is 23.4 Å². The summed E-state index contributed by atoms with van der Waals surface area (Å²) in [4.78, 5) is 43.2. The molecule has 7 heteroatoms. The lowest BCUT2D eigenvalue weighted by Gasteiger charge is -2.26. The lowest BCUT2D eigenvalue weighted by atomic mass is 10.1. The second kappa shape index (κ2) is 10.5. The molecule has 0 aliphatic carbocycles. The summed E-state index contributed by atoms with van der Waals surface area (Å²) in [6, 6.07) is 21.6. The van der Waals surface area contributed by atoms with Gasteiger partial charge in [0.05, 0.1) is 30.4 Å². The van der Waals surface area contributed by atoms with Crippen LogP contribution in [0.25, 0.3) is 0 Å². The minimum Gasteiger partial charge on any atom is -0.494 e. The summed E-state index contributed by atoms with van der Waals surface area (Å²) < 4.78 is 5.50. The Hall–Kier alpha value is -4.13. The second-order valence-electron chi connectivity index (χ2n) is 9.50. The summed E-state index contributed by atoms with van der Waals surface area (Å²) in [6.07, 6.45) is 1.49. The zero-order valence-electron chi connectivity index (χ0n) is 21.1. The number of benzene rings is 3. The third-order valence-electron chi connectivity index (χ3n) is 7.06. The van der Waals surface area contributed by atoms with Gasteiger partial charge in [0, 0.05) is 12.1 Å². The highest BCUT2D eigenvalue weighted by Crippen LogP contribution is 2.33. The van der Waals surface area contributed by atoms with Gasteiger partial charge in [-0.05, 0) is 74.2 Å². The quantitative estimate of drug-likeness (QED) is 0.512. The van der Waals surface area contributed by atoms with Crippen LogP contribution in [0, 0.1) is 0 Å². The van der Waals surface area contributed by atoms with E-state index in [1.54, 1.807) is 21.9 Å². The molecule has 0 unspecified atom stereocenters. The Kier molecular flexibility index (Phi) is 6.95. The molecule has 2 heterocycles. The third-order valence-corrected chi connectivity index (χ3v) is 7.06. The Morgan fingerprint density at radius 2 is 1.84 bits per heavy atom. The largest absolute Gasteiger partial charge is 0.494 e. The summed E-state index contributed by atoms with van der Waals surface area (Å²) in [5.41, 5.74) is 3.47. The highest BCUT2D eigenvalue weighted by Gasteiger charge is 2.41. The molecule has 2 aliphatic heterocycles. The van der Waals surface area contributed by atoms with E-state index in [1.165, 1.54) is 0 Å². The Bertz CT molecular complexity index is 1320. The molecule has 0 saturated carbocycles. The van der Waals surface area contributed by atoms with Crippen molar-refractivity contribution in [1.29, 1.82) is 0 Å². The number of hydrogen-bond acceptors (Lipinski definition) is 4. The topological polar surface area (TPSA) is 79.0 Å². The van der Waals surface area contributed by atoms with Crippen LogP contribution in [0.5, 0.6) is 5.75 Å². The molecule has 0 radical (unpaired) electrons. The zero-order chi connectivity index (χ0) is 25.9. The monoisotopic (exact) mass is 497 g/mol. The van der Waals surface area contributed by atoms with Gasteiger partial charge in [-0.25, -0.2) is 0 Å². The number of fused-ring (bicyclic) bond motifs is 2. The highest BCUT2D eigenvalue weighted by molar-refractivity contribution is 6.11. The first-order valence-corrected chi connectivity index (χ1v) is 12.8. The Balaban J connectivity index is 1.35. The van der Waals surface area contributed by atoms with Gasteiger partial charge in [0.2, 0.25) is 5.91 Å². The van der Waals surface area contributed by atoms with Crippen LogP contribution >= 0.6 is 0 Å². The van der Waals surface area contributed by atoms with Crippen molar-refractivity contribution in [1.82, 2.24) is 10.2 Å². The third kappa shape index (κ3) is 4.94. The summed E-state index contributed by atoms with van der Waals surface area (Å²) in [5.74, 6) is 0.438. The Labute approximate surface area is 217 Å². The van der Waals surface area contributed by atoms with Gasteiger partial charge in [-0.15, -0.1) is 0 Å². The molecule has 2 atom stereocenters. The van der Waals surface area contributed by atoms with Crippen LogP contribution in [-0.2, 0) is 11.3 Å². The van der Waals surface area contributed by atoms with Crippen molar-refractivity contribution in [3.8, 4) is 5.75 Å². The number of amides is 3. The van der Waals surface area contributed by atoms with Gasteiger partial charge in [-0.1, -0.05) is 36.4 Å². The van der Waals surface area contributed by atoms with E-state index in [0.29, 0.717) is 36.4 Å². The number of para-hydroxylation sites is 1. The molecule has 3 aromatic rings. The second-order valence-corrected chi connectivity index (χ2v) is 9.50. The summed E-state index contributed by atoms with van der Waals surface area (Å²) in [5, 5.41) is 3.05. The maximum atomic E-state index is 13.6. The molecule has 2 aliphatic rings. The van der Waals surface area contributed by atoms with E-state index in [2.05, 4.69) is 5.32 Å². The van der Waals surface area contributed by atoms with E-state index in [4.69, 9.17) is 4.74 Å². The van der Waals surface area contributed by atoms with Crippen LogP contribution in [0.2, 0.25) is 0 Å². The maximum Gasteiger partial charge on any atom is 0.256 e. The van der Waals surface area contributed by atoms with Gasteiger partial charge < -0.3 is 19.9 Å². The lowest BCUT2D eigenvalue weighted by molar-refractivity contribution is -0.122. The Morgan fingerprint density at radius 3 is 2.62 bits per heavy atom. The van der Waals surface area contributed by atoms with Gasteiger partial charge >= 0.3 is 0 Å². The molecule has 3 amide bonds. The number of rotatable bonds is 7. The minimum absolute atomic E-state index is 0.0743. The summed E-state index contributed by atoms with van der Waals surface area (Å²) >= 11 is 0. The molecule has 190 valence electrons. The molecular formula is C30H31N3O4. The molecule has 1 saturated heterocycles. The van der Waals surface area contributed by atoms with Crippen molar-refractivity contribution in [2.45, 2.75) is 45.3 Å². The fourth-order valence-corrected chi connectivity index (χ4v) is 5.15. The van der Waals surface area contributed by atoms with Crippen molar-refractivity contribution in [2.24, 2.45) is 0 Å². The van der Waals surface area contributed by atoms with Crippen molar-refractivity contribution < 1.29 is 19.1 Å². The molecule has 0 spiro atoms. The number of hydrogen-bond donors (Lipinski definition) is 1. The predicted molar refractivity (Wildman–Crippen MR) is 142 cm³/mol. The van der Waals surface area contributed by atoms with Crippen molar-refractivity contribution in [2.75, 3.05) is 18.1 Å². The fraction of sp³-hybridized carbons (Fsp3) is 0.300. The predicted octanol–water partition coefficient (Wildman–Crippen LogP) is 4.73. The van der Waals surface area contributed by atoms with Gasteiger partial charge in [0.15, 0.2) is 0 Å². The number of carbonyl (C=O) groups excluding carboxylic acids is 3. The van der Waals surface area contributed by atoms with E-state index >= 15 is 0 Å². The average molecular weight is 498 g/mol. The minimum atomic E-state index is -0.443. The average Bonchev–Trinajstić information content (AvgIpc) is 3.39. The van der Waals surface area contributed by atoms with Gasteiger partial charge in [0.1, 0.15) is 11.8 Å². The number of anilines is 1. The first-order valence-electron chi connectivity index (χ1n) is 12.8. The molecule has 5 rings (SSSR count). The normalized spacial score (nSPS) is 17.6. The first kappa shape index (κ1) is 24.6. The molecule has 0 bridgehead atoms. The first-order chi connectivity index (χ1) is 18.0. The summed E-state index contributed by atoms with van der Waals surface area (Å²) in [7, 11) is 0. The smallest absolute Gasteiger partial charge is 0.256 e. The Morgan fingerprint density at radius 1 is 1.05 bits per heavy atom. The molecule has 1 fully saturated rings. The SMILES string of the molecule is CCOc1ccc([C@@H](C)NC(=O)c2cccc(CN3C(=O)[C@H]4CCCN4C(=O)c4ccccc43)c2)cc1. The van der Waals surface area contributed by atoms with E-state index < -0.39 is 6.04 Å². The number of nitrogens with zero attached hydrogens (tertiary/aromatic N) is 2. The van der Waals surface area contributed by atoms with E-state index in [-0.39, 0.29) is 30.3 Å². The van der Waals surface area contributed by atoms with E-state index in [0.717, 1.165) is 23.3 Å². The molecular weight excluding hydrogens is 466 g/mol. The van der Waals surface area contributed by atoms with E-state index in [9.17, 15) is 14.4 Å². The number of carbonyl (C=O) groups is 3. The fourth-order valence-electron chi connectivity index (χ4n) is 5.15. The lowest BCUT2D eigenvalue weighted by Crippen LogP contribution is -2.44. The number of nitrogens with one attached hydrogen (secondary N) is 1. The molecule has 7 nitrogen and oxygen atoms in total. The van der Waals surface area contributed by atoms with Crippen molar-refractivity contribution in [3.05, 3.63) is 95.1 Å². The van der Waals surface area contributed by atoms with Gasteiger partial charge in [-0.3, -0.25) is 14.4 Å². The van der Waals surface area contributed by atoms with Crippen LogP contribution < -0.4 is 15.0 Å². The molecule has 1 N–H and O–H groups in total. The molecule has 37 heavy (non-hydrogen) atoms. The highest BCUT2D eigenvalue weighted by atomic mass is 16.5. The van der Waals surface area contributed by atoms with Crippen LogP contribution in [-0.4, -0.2) is 41.8 Å². The van der Waals surface area contributed by atoms with Gasteiger partial charge in [-0.2, -0.15) is 0 Å². The number of ether oxygens (including phenoxy) is 1. The molecule has 3 aromatic carbocycles. The maximum absolute atomic E-state index is 13.6. The van der Waals surface area contributed by atoms with Crippen LogP contribution in [0.4, 0.5) is 5.69 Å². The van der Waals surface area contributed by atoms with E-state index in [1.807, 2.05) is 74.5 Å². The summed E-state index contributed by atoms with van der Waals surface area (Å²) in [6.45, 7) is 5.36.